The van der Waals surface area contributed by atoms with Crippen LogP contribution in [0.4, 0.5) is 0 Å². The van der Waals surface area contributed by atoms with E-state index in [0.717, 1.165) is 15.7 Å². The summed E-state index contributed by atoms with van der Waals surface area (Å²) in [6, 6.07) is 9.68. The number of amides is 1. The van der Waals surface area contributed by atoms with Crippen LogP contribution < -0.4 is 16.6 Å². The molecule has 152 valence electrons. The van der Waals surface area contributed by atoms with Crippen LogP contribution in [0.1, 0.15) is 30.9 Å². The molecule has 0 unspecified atom stereocenters. The van der Waals surface area contributed by atoms with Crippen molar-refractivity contribution in [2.24, 2.45) is 14.1 Å². The SMILES string of the molecule is CC(C)c1cnc2c(c1SCC(=O)NCc1ccccc1)c(=O)n(C)c(=O)n2C. The number of nitrogens with one attached hydrogen (secondary N) is 1. The van der Waals surface area contributed by atoms with E-state index in [4.69, 9.17) is 0 Å². The molecule has 8 heteroatoms. The lowest BCUT2D eigenvalue weighted by Crippen LogP contribution is -2.37. The van der Waals surface area contributed by atoms with E-state index >= 15 is 0 Å². The number of fused-ring (bicyclic) bond motifs is 1. The lowest BCUT2D eigenvalue weighted by molar-refractivity contribution is -0.118. The van der Waals surface area contributed by atoms with Crippen LogP contribution in [0.25, 0.3) is 11.0 Å². The Balaban J connectivity index is 1.93. The number of thioether (sulfide) groups is 1. The van der Waals surface area contributed by atoms with Gasteiger partial charge < -0.3 is 5.32 Å². The topological polar surface area (TPSA) is 86.0 Å². The second-order valence-electron chi connectivity index (χ2n) is 7.15. The molecule has 0 bridgehead atoms. The summed E-state index contributed by atoms with van der Waals surface area (Å²) in [6.07, 6.45) is 1.69. The lowest BCUT2D eigenvalue weighted by Gasteiger charge is -2.16. The molecule has 7 nitrogen and oxygen atoms in total. The summed E-state index contributed by atoms with van der Waals surface area (Å²) in [5.41, 5.74) is 1.41. The van der Waals surface area contributed by atoms with Crippen LogP contribution in [0.2, 0.25) is 0 Å². The summed E-state index contributed by atoms with van der Waals surface area (Å²) in [5.74, 6) is 0.154. The number of benzene rings is 1. The van der Waals surface area contributed by atoms with Crippen molar-refractivity contribution in [1.29, 1.82) is 0 Å². The number of pyridine rings is 1. The second kappa shape index (κ2) is 8.65. The number of carbonyl (C=O) groups is 1. The summed E-state index contributed by atoms with van der Waals surface area (Å²) in [7, 11) is 3.04. The van der Waals surface area contributed by atoms with Crippen molar-refractivity contribution >= 4 is 28.7 Å². The van der Waals surface area contributed by atoms with Crippen LogP contribution in [0, 0.1) is 0 Å². The molecule has 1 N–H and O–H groups in total. The third-order valence-electron chi connectivity index (χ3n) is 4.75. The number of aromatic nitrogens is 3. The first-order valence-electron chi connectivity index (χ1n) is 9.33. The number of hydrogen-bond acceptors (Lipinski definition) is 5. The van der Waals surface area contributed by atoms with E-state index in [1.165, 1.54) is 23.4 Å². The van der Waals surface area contributed by atoms with Gasteiger partial charge in [0.15, 0.2) is 0 Å². The normalized spacial score (nSPS) is 11.2. The standard InChI is InChI=1S/C21H24N4O3S/c1-13(2)15-11-23-19-17(20(27)25(4)21(28)24(19)3)18(15)29-12-16(26)22-10-14-8-6-5-7-9-14/h5-9,11,13H,10,12H2,1-4H3,(H,22,26). The number of carbonyl (C=O) groups excluding carboxylic acids is 1. The van der Waals surface area contributed by atoms with Gasteiger partial charge in [-0.25, -0.2) is 9.78 Å². The van der Waals surface area contributed by atoms with Crippen molar-refractivity contribution in [3.63, 3.8) is 0 Å². The van der Waals surface area contributed by atoms with E-state index in [0.29, 0.717) is 22.5 Å². The van der Waals surface area contributed by atoms with Crippen molar-refractivity contribution in [3.05, 3.63) is 68.5 Å². The van der Waals surface area contributed by atoms with Crippen LogP contribution >= 0.6 is 11.8 Å². The maximum Gasteiger partial charge on any atom is 0.332 e. The number of aryl methyl sites for hydroxylation is 1. The molecule has 29 heavy (non-hydrogen) atoms. The fourth-order valence-corrected chi connectivity index (χ4v) is 4.22. The zero-order chi connectivity index (χ0) is 21.1. The Bertz CT molecular complexity index is 1170. The Morgan fingerprint density at radius 3 is 2.48 bits per heavy atom. The zero-order valence-corrected chi connectivity index (χ0v) is 17.7. The molecular weight excluding hydrogens is 388 g/mol. The van der Waals surface area contributed by atoms with Gasteiger partial charge in [-0.1, -0.05) is 44.2 Å². The Labute approximate surface area is 172 Å². The molecule has 0 saturated heterocycles. The van der Waals surface area contributed by atoms with Gasteiger partial charge in [-0.05, 0) is 17.0 Å². The molecular formula is C21H24N4O3S. The second-order valence-corrected chi connectivity index (χ2v) is 8.14. The summed E-state index contributed by atoms with van der Waals surface area (Å²) in [4.78, 5) is 42.5. The number of hydrogen-bond donors (Lipinski definition) is 1. The largest absolute Gasteiger partial charge is 0.351 e. The Hall–Kier alpha value is -2.87. The Kier molecular flexibility index (Phi) is 6.22. The summed E-state index contributed by atoms with van der Waals surface area (Å²) >= 11 is 1.30. The molecule has 0 saturated carbocycles. The molecule has 0 atom stereocenters. The van der Waals surface area contributed by atoms with E-state index < -0.39 is 11.2 Å². The third kappa shape index (κ3) is 4.27. The van der Waals surface area contributed by atoms with E-state index in [2.05, 4.69) is 10.3 Å². The smallest absolute Gasteiger partial charge is 0.332 e. The molecule has 1 amide bonds. The minimum atomic E-state index is -0.427. The van der Waals surface area contributed by atoms with Gasteiger partial charge in [0.1, 0.15) is 5.65 Å². The van der Waals surface area contributed by atoms with E-state index in [1.54, 1.807) is 13.2 Å². The van der Waals surface area contributed by atoms with E-state index in [1.807, 2.05) is 44.2 Å². The van der Waals surface area contributed by atoms with Gasteiger partial charge in [-0.2, -0.15) is 0 Å². The zero-order valence-electron chi connectivity index (χ0n) is 16.9. The van der Waals surface area contributed by atoms with Crippen LogP contribution in [-0.2, 0) is 25.4 Å². The summed E-state index contributed by atoms with van der Waals surface area (Å²) in [5, 5.41) is 3.28. The van der Waals surface area contributed by atoms with Gasteiger partial charge in [-0.3, -0.25) is 18.7 Å². The first-order chi connectivity index (χ1) is 13.8. The fourth-order valence-electron chi connectivity index (χ4n) is 3.07. The van der Waals surface area contributed by atoms with Gasteiger partial charge in [0.2, 0.25) is 5.91 Å². The van der Waals surface area contributed by atoms with Crippen molar-refractivity contribution in [1.82, 2.24) is 19.4 Å². The number of rotatable bonds is 6. The minimum Gasteiger partial charge on any atom is -0.351 e. The highest BCUT2D eigenvalue weighted by molar-refractivity contribution is 8.00. The molecule has 0 aliphatic rings. The lowest BCUT2D eigenvalue weighted by atomic mass is 10.0. The van der Waals surface area contributed by atoms with Crippen molar-refractivity contribution in [2.75, 3.05) is 5.75 Å². The summed E-state index contributed by atoms with van der Waals surface area (Å²) in [6.45, 7) is 4.47. The molecule has 2 aromatic heterocycles. The minimum absolute atomic E-state index is 0.115. The molecule has 0 radical (unpaired) electrons. The summed E-state index contributed by atoms with van der Waals surface area (Å²) < 4.78 is 2.44. The van der Waals surface area contributed by atoms with Crippen LogP contribution in [0.5, 0.6) is 0 Å². The van der Waals surface area contributed by atoms with Gasteiger partial charge in [0, 0.05) is 31.7 Å². The van der Waals surface area contributed by atoms with Gasteiger partial charge >= 0.3 is 5.69 Å². The first-order valence-corrected chi connectivity index (χ1v) is 10.3. The Morgan fingerprint density at radius 1 is 1.14 bits per heavy atom. The third-order valence-corrected chi connectivity index (χ3v) is 5.89. The van der Waals surface area contributed by atoms with Crippen LogP contribution in [-0.4, -0.2) is 25.8 Å². The highest BCUT2D eigenvalue weighted by atomic mass is 32.2. The predicted molar refractivity (Wildman–Crippen MR) is 115 cm³/mol. The average molecular weight is 413 g/mol. The molecule has 0 spiro atoms. The molecule has 0 aliphatic carbocycles. The first kappa shape index (κ1) is 20.9. The van der Waals surface area contributed by atoms with Crippen molar-refractivity contribution in [2.45, 2.75) is 31.2 Å². The van der Waals surface area contributed by atoms with E-state index in [-0.39, 0.29) is 17.6 Å². The van der Waals surface area contributed by atoms with E-state index in [9.17, 15) is 14.4 Å². The van der Waals surface area contributed by atoms with Crippen LogP contribution in [0.15, 0.2) is 51.0 Å². The maximum absolute atomic E-state index is 12.8. The molecule has 1 aromatic carbocycles. The number of nitrogens with zero attached hydrogens (tertiary/aromatic N) is 3. The van der Waals surface area contributed by atoms with Gasteiger partial charge in [0.25, 0.3) is 5.56 Å². The van der Waals surface area contributed by atoms with Crippen molar-refractivity contribution in [3.8, 4) is 0 Å². The monoisotopic (exact) mass is 412 g/mol. The molecule has 0 aliphatic heterocycles. The molecule has 3 rings (SSSR count). The average Bonchev–Trinajstić information content (AvgIpc) is 2.73. The van der Waals surface area contributed by atoms with Crippen LogP contribution in [0.3, 0.4) is 0 Å². The highest BCUT2D eigenvalue weighted by Gasteiger charge is 2.19. The molecule has 2 heterocycles. The fraction of sp³-hybridized carbons (Fsp3) is 0.333. The Morgan fingerprint density at radius 2 is 1.83 bits per heavy atom. The van der Waals surface area contributed by atoms with Gasteiger partial charge in [-0.15, -0.1) is 11.8 Å². The molecule has 0 fully saturated rings. The highest BCUT2D eigenvalue weighted by Crippen LogP contribution is 2.32. The predicted octanol–water partition coefficient (Wildman–Crippen LogP) is 2.16. The van der Waals surface area contributed by atoms with Crippen molar-refractivity contribution < 1.29 is 4.79 Å². The van der Waals surface area contributed by atoms with Gasteiger partial charge in [0.05, 0.1) is 11.1 Å². The quantitative estimate of drug-likeness (QED) is 0.627. The molecule has 3 aromatic rings. The maximum atomic E-state index is 12.8.